The number of carbonyl (C=O) groups excluding carboxylic acids is 1. The summed E-state index contributed by atoms with van der Waals surface area (Å²) in [7, 11) is 1.38. The minimum atomic E-state index is -0.157. The fraction of sp³-hybridized carbons (Fsp3) is 0.750. The van der Waals surface area contributed by atoms with Gasteiger partial charge in [0, 0.05) is 25.0 Å². The average molecular weight is 139 g/mol. The second-order valence-corrected chi connectivity index (χ2v) is 0.930. The van der Waals surface area contributed by atoms with Gasteiger partial charge in [0.15, 0.2) is 0 Å². The summed E-state index contributed by atoms with van der Waals surface area (Å²) in [5, 5.41) is 0. The molecule has 0 spiro atoms. The molecule has 0 fully saturated rings. The predicted molar refractivity (Wildman–Crippen MR) is 22.3 cm³/mol. The minimum Gasteiger partial charge on any atom is -0.469 e. The molecule has 0 atom stereocenters. The van der Waals surface area contributed by atoms with Crippen molar-refractivity contribution in [2.24, 2.45) is 0 Å². The molecule has 0 bridgehead atoms. The Morgan fingerprint density at radius 2 is 2.14 bits per heavy atom. The van der Waals surface area contributed by atoms with Gasteiger partial charge in [0.05, 0.1) is 7.11 Å². The van der Waals surface area contributed by atoms with E-state index in [0.29, 0.717) is 6.42 Å². The summed E-state index contributed by atoms with van der Waals surface area (Å²) in [5.74, 6) is -0.157. The standard InChI is InChI=1S/C4H8O2.V/c1-3-4(5)6-2;/h3H2,1-2H3;. The van der Waals surface area contributed by atoms with E-state index in [-0.39, 0.29) is 24.5 Å². The Kier molecular flexibility index (Phi) is 8.75. The Labute approximate surface area is 55.1 Å². The van der Waals surface area contributed by atoms with Crippen LogP contribution in [0.4, 0.5) is 0 Å². The topological polar surface area (TPSA) is 26.3 Å². The van der Waals surface area contributed by atoms with Crippen LogP contribution in [-0.2, 0) is 28.1 Å². The van der Waals surface area contributed by atoms with Crippen molar-refractivity contribution < 1.29 is 28.1 Å². The first-order valence-corrected chi connectivity index (χ1v) is 1.88. The largest absolute Gasteiger partial charge is 0.469 e. The summed E-state index contributed by atoms with van der Waals surface area (Å²) < 4.78 is 4.26. The third-order valence-corrected chi connectivity index (χ3v) is 0.516. The fourth-order valence-electron chi connectivity index (χ4n) is 0.144. The molecular formula is C4H8O2V. The van der Waals surface area contributed by atoms with Crippen LogP contribution in [-0.4, -0.2) is 13.1 Å². The number of hydrogen-bond acceptors (Lipinski definition) is 2. The van der Waals surface area contributed by atoms with Crippen LogP contribution in [0.5, 0.6) is 0 Å². The first-order chi connectivity index (χ1) is 2.81. The van der Waals surface area contributed by atoms with Crippen LogP contribution in [0.15, 0.2) is 0 Å². The van der Waals surface area contributed by atoms with Gasteiger partial charge in [-0.1, -0.05) is 6.92 Å². The zero-order valence-corrected chi connectivity index (χ0v) is 5.87. The van der Waals surface area contributed by atoms with Crippen molar-refractivity contribution in [2.75, 3.05) is 7.11 Å². The van der Waals surface area contributed by atoms with Crippen LogP contribution in [0.3, 0.4) is 0 Å². The minimum absolute atomic E-state index is 0. The third kappa shape index (κ3) is 6.05. The van der Waals surface area contributed by atoms with E-state index in [2.05, 4.69) is 4.74 Å². The van der Waals surface area contributed by atoms with Gasteiger partial charge in [0.1, 0.15) is 0 Å². The molecule has 3 heteroatoms. The molecule has 2 nitrogen and oxygen atoms in total. The Morgan fingerprint density at radius 3 is 2.14 bits per heavy atom. The Balaban J connectivity index is 0. The van der Waals surface area contributed by atoms with Crippen LogP contribution in [0, 0.1) is 0 Å². The predicted octanol–water partition coefficient (Wildman–Crippen LogP) is 0.567. The molecule has 1 radical (unpaired) electrons. The van der Waals surface area contributed by atoms with E-state index in [4.69, 9.17) is 0 Å². The van der Waals surface area contributed by atoms with E-state index in [9.17, 15) is 4.79 Å². The van der Waals surface area contributed by atoms with Gasteiger partial charge in [0.2, 0.25) is 0 Å². The Morgan fingerprint density at radius 1 is 1.71 bits per heavy atom. The number of carbonyl (C=O) groups is 1. The maximum absolute atomic E-state index is 9.96. The molecule has 0 aliphatic heterocycles. The smallest absolute Gasteiger partial charge is 0.305 e. The molecule has 0 aromatic carbocycles. The molecule has 7 heavy (non-hydrogen) atoms. The molecule has 0 aromatic rings. The first-order valence-electron chi connectivity index (χ1n) is 1.88. The van der Waals surface area contributed by atoms with Gasteiger partial charge >= 0.3 is 5.97 Å². The number of methoxy groups -OCH3 is 1. The van der Waals surface area contributed by atoms with Crippen molar-refractivity contribution in [1.29, 1.82) is 0 Å². The molecule has 0 amide bonds. The molecule has 0 aromatic heterocycles. The normalized spacial score (nSPS) is 6.57. The van der Waals surface area contributed by atoms with E-state index < -0.39 is 0 Å². The maximum atomic E-state index is 9.96. The van der Waals surface area contributed by atoms with Crippen LogP contribution in [0.1, 0.15) is 13.3 Å². The molecule has 0 aliphatic carbocycles. The van der Waals surface area contributed by atoms with Gasteiger partial charge in [-0.15, -0.1) is 0 Å². The summed E-state index contributed by atoms with van der Waals surface area (Å²) in [6.07, 6.45) is 0.469. The second-order valence-electron chi connectivity index (χ2n) is 0.930. The monoisotopic (exact) mass is 139 g/mol. The first kappa shape index (κ1) is 10.1. The molecule has 41 valence electrons. The van der Waals surface area contributed by atoms with E-state index in [0.717, 1.165) is 0 Å². The Bertz CT molecular complexity index is 47.7. The second kappa shape index (κ2) is 6.05. The van der Waals surface area contributed by atoms with E-state index in [1.807, 2.05) is 0 Å². The van der Waals surface area contributed by atoms with Gasteiger partial charge < -0.3 is 4.74 Å². The fourth-order valence-corrected chi connectivity index (χ4v) is 0.144. The van der Waals surface area contributed by atoms with Crippen molar-refractivity contribution in [3.63, 3.8) is 0 Å². The van der Waals surface area contributed by atoms with Gasteiger partial charge in [-0.05, 0) is 0 Å². The van der Waals surface area contributed by atoms with Crippen molar-refractivity contribution in [1.82, 2.24) is 0 Å². The summed E-state index contributed by atoms with van der Waals surface area (Å²) in [5.41, 5.74) is 0. The van der Waals surface area contributed by atoms with Crippen molar-refractivity contribution in [3.8, 4) is 0 Å². The van der Waals surface area contributed by atoms with Crippen LogP contribution in [0.25, 0.3) is 0 Å². The number of rotatable bonds is 1. The number of ether oxygens (including phenoxy) is 1. The van der Waals surface area contributed by atoms with Crippen LogP contribution < -0.4 is 0 Å². The molecule has 0 aliphatic rings. The molecule has 0 rings (SSSR count). The van der Waals surface area contributed by atoms with Gasteiger partial charge in [-0.2, -0.15) is 0 Å². The molecule has 0 saturated heterocycles. The maximum Gasteiger partial charge on any atom is 0.305 e. The molecular weight excluding hydrogens is 131 g/mol. The zero-order valence-electron chi connectivity index (χ0n) is 4.47. The summed E-state index contributed by atoms with van der Waals surface area (Å²) in [6, 6.07) is 0. The molecule has 0 N–H and O–H groups in total. The number of esters is 1. The molecule has 0 unspecified atom stereocenters. The Hall–Kier alpha value is 0.0544. The van der Waals surface area contributed by atoms with Gasteiger partial charge in [-0.3, -0.25) is 4.79 Å². The average Bonchev–Trinajstić information content (AvgIpc) is 1.65. The van der Waals surface area contributed by atoms with Gasteiger partial charge in [-0.25, -0.2) is 0 Å². The van der Waals surface area contributed by atoms with Crippen molar-refractivity contribution >= 4 is 5.97 Å². The van der Waals surface area contributed by atoms with E-state index in [1.165, 1.54) is 7.11 Å². The molecule has 0 saturated carbocycles. The van der Waals surface area contributed by atoms with Crippen LogP contribution >= 0.6 is 0 Å². The summed E-state index contributed by atoms with van der Waals surface area (Å²) in [6.45, 7) is 1.76. The number of hydrogen-bond donors (Lipinski definition) is 0. The summed E-state index contributed by atoms with van der Waals surface area (Å²) >= 11 is 0. The van der Waals surface area contributed by atoms with Crippen molar-refractivity contribution in [3.05, 3.63) is 0 Å². The SMILES string of the molecule is CCC(=O)OC.[V]. The summed E-state index contributed by atoms with van der Waals surface area (Å²) in [4.78, 5) is 9.96. The van der Waals surface area contributed by atoms with Crippen molar-refractivity contribution in [2.45, 2.75) is 13.3 Å². The molecule has 0 heterocycles. The zero-order chi connectivity index (χ0) is 4.99. The quantitative estimate of drug-likeness (QED) is 0.496. The van der Waals surface area contributed by atoms with E-state index in [1.54, 1.807) is 6.92 Å². The van der Waals surface area contributed by atoms with E-state index >= 15 is 0 Å². The van der Waals surface area contributed by atoms with Crippen LogP contribution in [0.2, 0.25) is 0 Å². The third-order valence-electron chi connectivity index (χ3n) is 0.516. The van der Waals surface area contributed by atoms with Gasteiger partial charge in [0.25, 0.3) is 0 Å².